The molecule has 0 bridgehead atoms. The molecule has 0 radical (unpaired) electrons. The second-order valence-electron chi connectivity index (χ2n) is 3.94. The van der Waals surface area contributed by atoms with Crippen molar-refractivity contribution < 1.29 is 9.66 Å². The number of rotatable bonds is 7. The maximum Gasteiger partial charge on any atom is 0.330 e. The van der Waals surface area contributed by atoms with Crippen LogP contribution in [0.25, 0.3) is 0 Å². The number of hydrogen-bond donors (Lipinski definition) is 0. The number of aromatic nitrogens is 1. The van der Waals surface area contributed by atoms with E-state index >= 15 is 0 Å². The minimum Gasteiger partial charge on any atom is -0.473 e. The summed E-state index contributed by atoms with van der Waals surface area (Å²) in [4.78, 5) is 14.3. The highest BCUT2D eigenvalue weighted by atomic mass is 16.6. The van der Waals surface area contributed by atoms with Crippen LogP contribution in [0.2, 0.25) is 0 Å². The lowest BCUT2D eigenvalue weighted by molar-refractivity contribution is -0.386. The third-order valence-electron chi connectivity index (χ3n) is 2.41. The fraction of sp³-hybridized carbons (Fsp3) is 0.583. The van der Waals surface area contributed by atoms with Gasteiger partial charge in [-0.05, 0) is 19.4 Å². The van der Waals surface area contributed by atoms with Gasteiger partial charge in [-0.3, -0.25) is 10.1 Å². The Morgan fingerprint density at radius 1 is 1.35 bits per heavy atom. The van der Waals surface area contributed by atoms with Crippen LogP contribution in [-0.2, 0) is 0 Å². The van der Waals surface area contributed by atoms with Crippen molar-refractivity contribution >= 4 is 5.69 Å². The Balaban J connectivity index is 2.56. The van der Waals surface area contributed by atoms with E-state index in [1.807, 2.05) is 0 Å². The third-order valence-corrected chi connectivity index (χ3v) is 2.41. The summed E-state index contributed by atoms with van der Waals surface area (Å²) in [5.74, 6) is 0.131. The lowest BCUT2D eigenvalue weighted by Gasteiger charge is -2.06. The van der Waals surface area contributed by atoms with Crippen LogP contribution in [0, 0.1) is 17.0 Å². The van der Waals surface area contributed by atoms with Gasteiger partial charge in [0.2, 0.25) is 0 Å². The molecule has 0 aliphatic carbocycles. The maximum atomic E-state index is 10.8. The van der Waals surface area contributed by atoms with E-state index in [1.54, 1.807) is 13.0 Å². The average molecular weight is 238 g/mol. The quantitative estimate of drug-likeness (QED) is 0.415. The van der Waals surface area contributed by atoms with Crippen molar-refractivity contribution in [1.82, 2.24) is 4.98 Å². The van der Waals surface area contributed by atoms with Gasteiger partial charge in [0.25, 0.3) is 5.88 Å². The van der Waals surface area contributed by atoms with E-state index < -0.39 is 4.92 Å². The first-order valence-corrected chi connectivity index (χ1v) is 5.90. The highest BCUT2D eigenvalue weighted by Crippen LogP contribution is 2.24. The standard InChI is InChI=1S/C12H18N2O3/c1-3-4-5-6-9-17-12-11(14(15)16)8-7-10(2)13-12/h7-8H,3-6,9H2,1-2H3. The molecule has 1 aromatic rings. The van der Waals surface area contributed by atoms with Gasteiger partial charge in [-0.15, -0.1) is 0 Å². The summed E-state index contributed by atoms with van der Waals surface area (Å²) in [5.41, 5.74) is 0.658. The molecule has 0 unspecified atom stereocenters. The summed E-state index contributed by atoms with van der Waals surface area (Å²) in [7, 11) is 0. The Morgan fingerprint density at radius 3 is 2.76 bits per heavy atom. The first-order valence-electron chi connectivity index (χ1n) is 5.90. The number of pyridine rings is 1. The number of ether oxygens (including phenoxy) is 1. The molecule has 5 heteroatoms. The van der Waals surface area contributed by atoms with Crippen LogP contribution < -0.4 is 4.74 Å². The average Bonchev–Trinajstić information content (AvgIpc) is 2.28. The first-order chi connectivity index (χ1) is 8.15. The Kier molecular flexibility index (Phi) is 5.39. The van der Waals surface area contributed by atoms with Gasteiger partial charge in [-0.2, -0.15) is 0 Å². The zero-order chi connectivity index (χ0) is 12.7. The molecule has 0 aliphatic heterocycles. The van der Waals surface area contributed by atoms with Crippen LogP contribution in [0.5, 0.6) is 5.88 Å². The molecule has 17 heavy (non-hydrogen) atoms. The van der Waals surface area contributed by atoms with Crippen LogP contribution in [-0.4, -0.2) is 16.5 Å². The predicted octanol–water partition coefficient (Wildman–Crippen LogP) is 3.26. The second-order valence-corrected chi connectivity index (χ2v) is 3.94. The molecular formula is C12H18N2O3. The molecule has 1 heterocycles. The number of nitrogens with zero attached hydrogens (tertiary/aromatic N) is 2. The van der Waals surface area contributed by atoms with Crippen molar-refractivity contribution in [1.29, 1.82) is 0 Å². The number of hydrogen-bond acceptors (Lipinski definition) is 4. The number of unbranched alkanes of at least 4 members (excludes halogenated alkanes) is 3. The van der Waals surface area contributed by atoms with Crippen LogP contribution >= 0.6 is 0 Å². The van der Waals surface area contributed by atoms with Crippen molar-refractivity contribution in [2.75, 3.05) is 6.61 Å². The summed E-state index contributed by atoms with van der Waals surface area (Å²) in [6, 6.07) is 3.05. The van der Waals surface area contributed by atoms with Crippen LogP contribution in [0.3, 0.4) is 0 Å². The molecule has 0 fully saturated rings. The van der Waals surface area contributed by atoms with Gasteiger partial charge in [0.15, 0.2) is 0 Å². The monoisotopic (exact) mass is 238 g/mol. The molecular weight excluding hydrogens is 220 g/mol. The van der Waals surface area contributed by atoms with E-state index in [1.165, 1.54) is 6.07 Å². The molecule has 94 valence electrons. The first kappa shape index (κ1) is 13.4. The van der Waals surface area contributed by atoms with E-state index in [-0.39, 0.29) is 11.6 Å². The molecule has 5 nitrogen and oxygen atoms in total. The summed E-state index contributed by atoms with van der Waals surface area (Å²) >= 11 is 0. The lowest BCUT2D eigenvalue weighted by atomic mass is 10.2. The summed E-state index contributed by atoms with van der Waals surface area (Å²) in [6.45, 7) is 4.40. The topological polar surface area (TPSA) is 65.3 Å². The molecule has 0 atom stereocenters. The van der Waals surface area contributed by atoms with Crippen LogP contribution in [0.1, 0.15) is 38.3 Å². The number of aryl methyl sites for hydroxylation is 1. The molecule has 0 saturated carbocycles. The fourth-order valence-corrected chi connectivity index (χ4v) is 1.47. The van der Waals surface area contributed by atoms with E-state index in [4.69, 9.17) is 4.74 Å². The molecule has 0 saturated heterocycles. The van der Waals surface area contributed by atoms with E-state index in [0.717, 1.165) is 31.4 Å². The smallest absolute Gasteiger partial charge is 0.330 e. The van der Waals surface area contributed by atoms with Gasteiger partial charge >= 0.3 is 5.69 Å². The van der Waals surface area contributed by atoms with Crippen LogP contribution in [0.4, 0.5) is 5.69 Å². The summed E-state index contributed by atoms with van der Waals surface area (Å²) in [5, 5.41) is 10.8. The van der Waals surface area contributed by atoms with Crippen molar-refractivity contribution in [2.45, 2.75) is 39.5 Å². The van der Waals surface area contributed by atoms with Gasteiger partial charge in [0.05, 0.1) is 11.5 Å². The molecule has 0 aromatic carbocycles. The Morgan fingerprint density at radius 2 is 2.12 bits per heavy atom. The van der Waals surface area contributed by atoms with E-state index in [9.17, 15) is 10.1 Å². The van der Waals surface area contributed by atoms with E-state index in [0.29, 0.717) is 6.61 Å². The zero-order valence-corrected chi connectivity index (χ0v) is 10.3. The Hall–Kier alpha value is -1.65. The third kappa shape index (κ3) is 4.38. The predicted molar refractivity (Wildman–Crippen MR) is 65.3 cm³/mol. The van der Waals surface area contributed by atoms with Gasteiger partial charge < -0.3 is 4.74 Å². The van der Waals surface area contributed by atoms with Crippen LogP contribution in [0.15, 0.2) is 12.1 Å². The highest BCUT2D eigenvalue weighted by Gasteiger charge is 2.16. The molecule has 0 spiro atoms. The van der Waals surface area contributed by atoms with Crippen molar-refractivity contribution in [2.24, 2.45) is 0 Å². The Bertz CT molecular complexity index is 380. The molecule has 1 rings (SSSR count). The zero-order valence-electron chi connectivity index (χ0n) is 10.3. The van der Waals surface area contributed by atoms with Gasteiger partial charge in [-0.25, -0.2) is 4.98 Å². The fourth-order valence-electron chi connectivity index (χ4n) is 1.47. The molecule has 0 aliphatic rings. The summed E-state index contributed by atoms with van der Waals surface area (Å²) < 4.78 is 5.37. The van der Waals surface area contributed by atoms with E-state index in [2.05, 4.69) is 11.9 Å². The molecule has 0 N–H and O–H groups in total. The Labute approximate surface area is 101 Å². The minimum absolute atomic E-state index is 0.0638. The normalized spacial score (nSPS) is 10.2. The van der Waals surface area contributed by atoms with Crippen molar-refractivity contribution in [3.05, 3.63) is 27.9 Å². The van der Waals surface area contributed by atoms with Crippen molar-refractivity contribution in [3.63, 3.8) is 0 Å². The highest BCUT2D eigenvalue weighted by molar-refractivity contribution is 5.41. The lowest BCUT2D eigenvalue weighted by Crippen LogP contribution is -2.03. The SMILES string of the molecule is CCCCCCOc1nc(C)ccc1[N+](=O)[O-]. The van der Waals surface area contributed by atoms with Gasteiger partial charge in [0.1, 0.15) is 0 Å². The molecule has 0 amide bonds. The van der Waals surface area contributed by atoms with Gasteiger partial charge in [0, 0.05) is 11.8 Å². The summed E-state index contributed by atoms with van der Waals surface area (Å²) in [6.07, 6.45) is 4.30. The number of nitro groups is 1. The van der Waals surface area contributed by atoms with Crippen molar-refractivity contribution in [3.8, 4) is 5.88 Å². The maximum absolute atomic E-state index is 10.8. The van der Waals surface area contributed by atoms with Gasteiger partial charge in [-0.1, -0.05) is 26.2 Å². The second kappa shape index (κ2) is 6.83. The molecule has 1 aromatic heterocycles. The minimum atomic E-state index is -0.464. The largest absolute Gasteiger partial charge is 0.473 e.